The average Bonchev–Trinajstić information content (AvgIpc) is 3.33. The van der Waals surface area contributed by atoms with Gasteiger partial charge in [-0.15, -0.1) is 0 Å². The first-order valence-corrected chi connectivity index (χ1v) is 13.9. The Morgan fingerprint density at radius 2 is 0.953 bits per heavy atom. The summed E-state index contributed by atoms with van der Waals surface area (Å²) in [4.78, 5) is 0. The zero-order chi connectivity index (χ0) is 29.7. The highest BCUT2D eigenvalue weighted by atomic mass is 19.2. The first kappa shape index (κ1) is 25.7. The van der Waals surface area contributed by atoms with Gasteiger partial charge in [0.05, 0.1) is 5.56 Å². The minimum Gasteiger partial charge on any atom is -0.203 e. The molecule has 7 aromatic carbocycles. The van der Waals surface area contributed by atoms with E-state index in [2.05, 4.69) is 0 Å². The van der Waals surface area contributed by atoms with E-state index in [9.17, 15) is 13.2 Å². The predicted molar refractivity (Wildman–Crippen MR) is 162 cm³/mol. The van der Waals surface area contributed by atoms with Crippen molar-refractivity contribution in [3.05, 3.63) is 148 Å². The maximum absolute atomic E-state index is 15.7. The Kier molecular flexibility index (Phi) is 5.36. The van der Waals surface area contributed by atoms with Gasteiger partial charge in [-0.25, -0.2) is 22.0 Å². The highest BCUT2D eigenvalue weighted by Crippen LogP contribution is 2.49. The van der Waals surface area contributed by atoms with Crippen LogP contribution in [-0.4, -0.2) is 0 Å². The topological polar surface area (TPSA) is 0 Å². The lowest BCUT2D eigenvalue weighted by Crippen LogP contribution is -2.14. The molecule has 0 bridgehead atoms. The van der Waals surface area contributed by atoms with Gasteiger partial charge in [0.15, 0.2) is 23.3 Å². The van der Waals surface area contributed by atoms with E-state index in [1.807, 2.05) is 98.8 Å². The van der Waals surface area contributed by atoms with E-state index in [4.69, 9.17) is 0 Å². The van der Waals surface area contributed by atoms with Crippen molar-refractivity contribution in [1.29, 1.82) is 0 Å². The van der Waals surface area contributed by atoms with Crippen molar-refractivity contribution >= 4 is 37.9 Å². The maximum atomic E-state index is 15.7. The number of hydrogen-bond acceptors (Lipinski definition) is 0. The van der Waals surface area contributed by atoms with Crippen LogP contribution in [0.15, 0.2) is 91.0 Å². The van der Waals surface area contributed by atoms with Crippen LogP contribution in [0.5, 0.6) is 0 Å². The summed E-state index contributed by atoms with van der Waals surface area (Å²) in [6.07, 6.45) is 0. The molecule has 43 heavy (non-hydrogen) atoms. The summed E-state index contributed by atoms with van der Waals surface area (Å²) < 4.78 is 75.3. The van der Waals surface area contributed by atoms with Crippen LogP contribution in [0.1, 0.15) is 22.3 Å². The summed E-state index contributed by atoms with van der Waals surface area (Å²) in [5.41, 5.74) is 4.45. The van der Waals surface area contributed by atoms with E-state index < -0.39 is 34.6 Å². The molecule has 0 aromatic heterocycles. The minimum absolute atomic E-state index is 0.000592. The highest BCUT2D eigenvalue weighted by molar-refractivity contribution is 6.23. The van der Waals surface area contributed by atoms with E-state index >= 15 is 8.78 Å². The number of benzene rings is 7. The second kappa shape index (κ2) is 8.98. The molecule has 0 nitrogen and oxygen atoms in total. The van der Waals surface area contributed by atoms with Gasteiger partial charge >= 0.3 is 0 Å². The summed E-state index contributed by atoms with van der Waals surface area (Å²) in [5.74, 6) is -9.79. The van der Waals surface area contributed by atoms with Gasteiger partial charge in [0, 0.05) is 5.57 Å². The second-order valence-corrected chi connectivity index (χ2v) is 11.2. The van der Waals surface area contributed by atoms with Crippen molar-refractivity contribution < 1.29 is 22.0 Å². The van der Waals surface area contributed by atoms with Crippen LogP contribution in [-0.2, 0) is 0 Å². The fourth-order valence-electron chi connectivity index (χ4n) is 6.85. The molecule has 0 spiro atoms. The molecule has 1 aliphatic carbocycles. The standard InChI is InChI=1S/C38H21F5/c1-18-16-26-27(17-19(18)2)32(33-34(39)36(41)38(43)37(42)35(33)40)30-25-15-7-11-21-10-6-14-24(28(21)25)29(31(26)30)23-13-5-9-20-8-3-4-12-22(20)23/h3-17H,1-2H3. The molecule has 0 N–H and O–H groups in total. The van der Waals surface area contributed by atoms with Crippen LogP contribution in [0.2, 0.25) is 0 Å². The molecule has 0 amide bonds. The van der Waals surface area contributed by atoms with Crippen LogP contribution < -0.4 is 5.22 Å². The largest absolute Gasteiger partial charge is 0.203 e. The van der Waals surface area contributed by atoms with Gasteiger partial charge in [-0.1, -0.05) is 91.0 Å². The summed E-state index contributed by atoms with van der Waals surface area (Å²) in [6, 6.07) is 29.4. The molecular weight excluding hydrogens is 551 g/mol. The molecular formula is C38H21F5. The van der Waals surface area contributed by atoms with E-state index in [-0.39, 0.29) is 5.57 Å². The number of hydrogen-bond donors (Lipinski definition) is 0. The fourth-order valence-corrected chi connectivity index (χ4v) is 6.85. The Morgan fingerprint density at radius 3 is 1.67 bits per heavy atom. The normalized spacial score (nSPS) is 12.5. The lowest BCUT2D eigenvalue weighted by molar-refractivity contribution is 0.376. The summed E-state index contributed by atoms with van der Waals surface area (Å²) in [5, 5.41) is 5.83. The molecule has 0 aliphatic heterocycles. The Morgan fingerprint density at radius 1 is 0.419 bits per heavy atom. The SMILES string of the molecule is Cc1cc2c(cc1C)-c1c(-c3cccc4ccccc34)c3cccc4cccc(c1=C2c1c(F)c(F)c(F)c(F)c1F)c43. The number of halogens is 5. The lowest BCUT2D eigenvalue weighted by Gasteiger charge is -2.18. The third-order valence-corrected chi connectivity index (χ3v) is 8.88. The molecule has 0 fully saturated rings. The molecule has 0 radical (unpaired) electrons. The molecule has 5 heteroatoms. The Hall–Kier alpha value is -5.03. The van der Waals surface area contributed by atoms with Crippen molar-refractivity contribution in [2.75, 3.05) is 0 Å². The summed E-state index contributed by atoms with van der Waals surface area (Å²) in [7, 11) is 0. The number of rotatable bonds is 2. The van der Waals surface area contributed by atoms with Crippen molar-refractivity contribution in [2.45, 2.75) is 13.8 Å². The summed E-state index contributed by atoms with van der Waals surface area (Å²) in [6.45, 7) is 3.81. The third-order valence-electron chi connectivity index (χ3n) is 8.88. The van der Waals surface area contributed by atoms with E-state index in [1.54, 1.807) is 6.07 Å². The second-order valence-electron chi connectivity index (χ2n) is 11.2. The van der Waals surface area contributed by atoms with Crippen LogP contribution in [0, 0.1) is 42.9 Å². The lowest BCUT2D eigenvalue weighted by atomic mass is 9.84. The van der Waals surface area contributed by atoms with Crippen molar-refractivity contribution in [2.24, 2.45) is 0 Å². The quantitative estimate of drug-likeness (QED) is 0.110. The fraction of sp³-hybridized carbons (Fsp3) is 0.0526. The van der Waals surface area contributed by atoms with E-state index in [1.165, 1.54) is 0 Å². The average molecular weight is 573 g/mol. The van der Waals surface area contributed by atoms with Crippen molar-refractivity contribution in [3.8, 4) is 22.3 Å². The first-order valence-electron chi connectivity index (χ1n) is 13.9. The first-order chi connectivity index (χ1) is 20.8. The van der Waals surface area contributed by atoms with Crippen molar-refractivity contribution in [3.63, 3.8) is 0 Å². The monoisotopic (exact) mass is 572 g/mol. The van der Waals surface area contributed by atoms with Crippen molar-refractivity contribution in [1.82, 2.24) is 0 Å². The van der Waals surface area contributed by atoms with E-state index in [0.29, 0.717) is 27.3 Å². The molecule has 0 unspecified atom stereocenters. The molecule has 0 saturated carbocycles. The van der Waals surface area contributed by atoms with Gasteiger partial charge in [-0.3, -0.25) is 0 Å². The van der Waals surface area contributed by atoms with Gasteiger partial charge in [-0.05, 0) is 90.3 Å². The molecule has 0 atom stereocenters. The van der Waals surface area contributed by atoms with Gasteiger partial charge in [0.25, 0.3) is 0 Å². The molecule has 7 aromatic rings. The maximum Gasteiger partial charge on any atom is 0.200 e. The minimum atomic E-state index is -2.18. The Balaban J connectivity index is 1.73. The van der Waals surface area contributed by atoms with Gasteiger partial charge in [0.1, 0.15) is 0 Å². The molecule has 0 heterocycles. The summed E-state index contributed by atoms with van der Waals surface area (Å²) >= 11 is 0. The Bertz CT molecular complexity index is 2380. The number of aryl methyl sites for hydroxylation is 2. The number of fused-ring (bicyclic) bond motifs is 5. The zero-order valence-corrected chi connectivity index (χ0v) is 23.1. The highest BCUT2D eigenvalue weighted by Gasteiger charge is 2.35. The van der Waals surface area contributed by atoms with Gasteiger partial charge < -0.3 is 0 Å². The van der Waals surface area contributed by atoms with E-state index in [0.717, 1.165) is 49.2 Å². The van der Waals surface area contributed by atoms with Crippen LogP contribution >= 0.6 is 0 Å². The molecule has 0 saturated heterocycles. The molecule has 208 valence electrons. The Labute approximate surface area is 243 Å². The van der Waals surface area contributed by atoms with Crippen LogP contribution in [0.25, 0.3) is 60.1 Å². The predicted octanol–water partition coefficient (Wildman–Crippen LogP) is 10.1. The molecule has 8 rings (SSSR count). The zero-order valence-electron chi connectivity index (χ0n) is 23.1. The smallest absolute Gasteiger partial charge is 0.200 e. The third kappa shape index (κ3) is 3.36. The van der Waals surface area contributed by atoms with Crippen LogP contribution in [0.4, 0.5) is 22.0 Å². The van der Waals surface area contributed by atoms with Crippen LogP contribution in [0.3, 0.4) is 0 Å². The molecule has 1 aliphatic rings. The van der Waals surface area contributed by atoms with Gasteiger partial charge in [0.2, 0.25) is 5.82 Å². The van der Waals surface area contributed by atoms with Gasteiger partial charge in [-0.2, -0.15) is 0 Å².